The molecule has 1 heterocycles. The van der Waals surface area contributed by atoms with Crippen molar-refractivity contribution in [3.8, 4) is 22.8 Å². The van der Waals surface area contributed by atoms with E-state index in [0.717, 1.165) is 16.8 Å². The monoisotopic (exact) mass is 464 g/mol. The molecule has 1 N–H and O–H groups in total. The van der Waals surface area contributed by atoms with Crippen LogP contribution in [0.4, 0.5) is 5.69 Å². The number of amides is 1. The van der Waals surface area contributed by atoms with Crippen LogP contribution in [0.1, 0.15) is 5.56 Å². The number of hydrogen-bond donors (Lipinski definition) is 1. The lowest BCUT2D eigenvalue weighted by atomic mass is 10.1. The summed E-state index contributed by atoms with van der Waals surface area (Å²) in [4.78, 5) is 12.6. The topological polar surface area (TPSA) is 69.0 Å². The minimum atomic E-state index is -0.165. The van der Waals surface area contributed by atoms with E-state index in [1.165, 1.54) is 11.8 Å². The zero-order valence-corrected chi connectivity index (χ0v) is 19.2. The second-order valence-corrected chi connectivity index (χ2v) is 8.33. The van der Waals surface area contributed by atoms with Gasteiger partial charge in [-0.15, -0.1) is 10.2 Å². The molecule has 32 heavy (non-hydrogen) atoms. The molecule has 0 unspecified atom stereocenters. The van der Waals surface area contributed by atoms with Crippen molar-refractivity contribution in [1.29, 1.82) is 0 Å². The van der Waals surface area contributed by atoms with Crippen LogP contribution in [0.3, 0.4) is 0 Å². The van der Waals surface area contributed by atoms with Gasteiger partial charge in [-0.25, -0.2) is 0 Å². The molecular weight excluding hydrogens is 444 g/mol. The van der Waals surface area contributed by atoms with E-state index in [0.29, 0.717) is 27.4 Å². The molecule has 1 amide bonds. The van der Waals surface area contributed by atoms with Gasteiger partial charge in [0.2, 0.25) is 5.91 Å². The predicted molar refractivity (Wildman–Crippen MR) is 129 cm³/mol. The van der Waals surface area contributed by atoms with E-state index >= 15 is 0 Å². The molecule has 4 rings (SSSR count). The first kappa shape index (κ1) is 21.9. The molecule has 1 aromatic heterocycles. The van der Waals surface area contributed by atoms with Crippen molar-refractivity contribution in [1.82, 2.24) is 14.8 Å². The zero-order valence-electron chi connectivity index (χ0n) is 17.6. The van der Waals surface area contributed by atoms with Gasteiger partial charge in [-0.1, -0.05) is 65.8 Å². The molecular formula is C24H21ClN4O2S. The number of methoxy groups -OCH3 is 1. The Morgan fingerprint density at radius 2 is 1.81 bits per heavy atom. The number of nitrogens with one attached hydrogen (secondary N) is 1. The van der Waals surface area contributed by atoms with Gasteiger partial charge in [0.1, 0.15) is 5.75 Å². The minimum absolute atomic E-state index is 0.164. The summed E-state index contributed by atoms with van der Waals surface area (Å²) in [5.74, 6) is 1.27. The Labute approximate surface area is 195 Å². The van der Waals surface area contributed by atoms with Gasteiger partial charge in [0.15, 0.2) is 11.0 Å². The van der Waals surface area contributed by atoms with Crippen LogP contribution >= 0.6 is 23.4 Å². The van der Waals surface area contributed by atoms with Crippen LogP contribution in [-0.4, -0.2) is 33.5 Å². The molecule has 162 valence electrons. The van der Waals surface area contributed by atoms with Crippen molar-refractivity contribution in [2.75, 3.05) is 18.2 Å². The lowest BCUT2D eigenvalue weighted by Crippen LogP contribution is -2.15. The van der Waals surface area contributed by atoms with Gasteiger partial charge in [0.05, 0.1) is 18.6 Å². The molecule has 3 aromatic carbocycles. The zero-order chi connectivity index (χ0) is 22.5. The number of rotatable bonds is 7. The molecule has 8 heteroatoms. The second-order valence-electron chi connectivity index (χ2n) is 6.98. The maximum Gasteiger partial charge on any atom is 0.234 e. The van der Waals surface area contributed by atoms with Gasteiger partial charge >= 0.3 is 0 Å². The summed E-state index contributed by atoms with van der Waals surface area (Å²) in [5, 5.41) is 12.9. The minimum Gasteiger partial charge on any atom is -0.495 e. The smallest absolute Gasteiger partial charge is 0.234 e. The fourth-order valence-corrected chi connectivity index (χ4v) is 4.09. The Bertz CT molecular complexity index is 1240. The van der Waals surface area contributed by atoms with E-state index in [2.05, 4.69) is 15.5 Å². The van der Waals surface area contributed by atoms with Crippen LogP contribution in [-0.2, 0) is 4.79 Å². The van der Waals surface area contributed by atoms with Gasteiger partial charge < -0.3 is 10.1 Å². The van der Waals surface area contributed by atoms with Gasteiger partial charge in [-0.3, -0.25) is 9.36 Å². The number of carbonyl (C=O) groups excluding carboxylic acids is 1. The third-order valence-corrected chi connectivity index (χ3v) is 6.13. The Balaban J connectivity index is 1.60. The average molecular weight is 465 g/mol. The number of halogens is 1. The first-order chi connectivity index (χ1) is 15.6. The van der Waals surface area contributed by atoms with Crippen molar-refractivity contribution >= 4 is 35.0 Å². The third-order valence-electron chi connectivity index (χ3n) is 4.79. The molecule has 0 aliphatic heterocycles. The summed E-state index contributed by atoms with van der Waals surface area (Å²) >= 11 is 7.66. The normalized spacial score (nSPS) is 10.7. The largest absolute Gasteiger partial charge is 0.495 e. The number of nitrogens with zero attached hydrogens (tertiary/aromatic N) is 3. The number of hydrogen-bond acceptors (Lipinski definition) is 5. The highest BCUT2D eigenvalue weighted by molar-refractivity contribution is 7.99. The molecule has 0 aliphatic rings. The maximum atomic E-state index is 12.6. The molecule has 0 bridgehead atoms. The first-order valence-electron chi connectivity index (χ1n) is 9.90. The van der Waals surface area contributed by atoms with Crippen molar-refractivity contribution < 1.29 is 9.53 Å². The molecule has 6 nitrogen and oxygen atoms in total. The summed E-state index contributed by atoms with van der Waals surface area (Å²) in [6, 6.07) is 22.9. The van der Waals surface area contributed by atoms with Crippen molar-refractivity contribution in [3.05, 3.63) is 83.4 Å². The lowest BCUT2D eigenvalue weighted by molar-refractivity contribution is -0.113. The van der Waals surface area contributed by atoms with Crippen LogP contribution in [0, 0.1) is 6.92 Å². The Kier molecular flexibility index (Phi) is 6.78. The Hall–Kier alpha value is -3.29. The van der Waals surface area contributed by atoms with E-state index in [1.54, 1.807) is 19.2 Å². The highest BCUT2D eigenvalue weighted by Gasteiger charge is 2.18. The van der Waals surface area contributed by atoms with E-state index < -0.39 is 0 Å². The average Bonchev–Trinajstić information content (AvgIpc) is 3.24. The second kappa shape index (κ2) is 9.89. The molecule has 0 saturated heterocycles. The Morgan fingerprint density at radius 3 is 2.56 bits per heavy atom. The number of ether oxygens (including phenoxy) is 1. The molecule has 0 radical (unpaired) electrons. The molecule has 0 atom stereocenters. The van der Waals surface area contributed by atoms with Crippen LogP contribution in [0.5, 0.6) is 5.75 Å². The lowest BCUT2D eigenvalue weighted by Gasteiger charge is -2.12. The standard InChI is InChI=1S/C24H21ClN4O2S/c1-16-12-13-17(14-19(16)25)23-27-28-24(29(23)18-8-4-3-5-9-18)32-15-22(30)26-20-10-6-7-11-21(20)31-2/h3-14H,15H2,1-2H3,(H,26,30). The summed E-state index contributed by atoms with van der Waals surface area (Å²) in [6.07, 6.45) is 0. The first-order valence-corrected chi connectivity index (χ1v) is 11.3. The third kappa shape index (κ3) is 4.79. The summed E-state index contributed by atoms with van der Waals surface area (Å²) < 4.78 is 7.23. The number of aryl methyl sites for hydroxylation is 1. The Morgan fingerprint density at radius 1 is 1.06 bits per heavy atom. The van der Waals surface area contributed by atoms with Crippen LogP contribution in [0.25, 0.3) is 17.1 Å². The van der Waals surface area contributed by atoms with Gasteiger partial charge in [0.25, 0.3) is 0 Å². The van der Waals surface area contributed by atoms with E-state index in [1.807, 2.05) is 72.2 Å². The number of carbonyl (C=O) groups is 1. The van der Waals surface area contributed by atoms with Crippen LogP contribution in [0.15, 0.2) is 78.0 Å². The fourth-order valence-electron chi connectivity index (χ4n) is 3.16. The predicted octanol–water partition coefficient (Wildman–Crippen LogP) is 5.64. The molecule has 0 saturated carbocycles. The SMILES string of the molecule is COc1ccccc1NC(=O)CSc1nnc(-c2ccc(C)c(Cl)c2)n1-c1ccccc1. The summed E-state index contributed by atoms with van der Waals surface area (Å²) in [5.41, 5.74) is 3.36. The van der Waals surface area contributed by atoms with Crippen molar-refractivity contribution in [2.24, 2.45) is 0 Å². The van der Waals surface area contributed by atoms with Crippen LogP contribution < -0.4 is 10.1 Å². The summed E-state index contributed by atoms with van der Waals surface area (Å²) in [6.45, 7) is 1.95. The van der Waals surface area contributed by atoms with Crippen LogP contribution in [0.2, 0.25) is 5.02 Å². The highest BCUT2D eigenvalue weighted by Crippen LogP contribution is 2.30. The fraction of sp³-hybridized carbons (Fsp3) is 0.125. The van der Waals surface area contributed by atoms with Gasteiger partial charge in [-0.2, -0.15) is 0 Å². The number of para-hydroxylation sites is 3. The molecule has 0 aliphatic carbocycles. The maximum absolute atomic E-state index is 12.6. The van der Waals surface area contributed by atoms with Gasteiger partial charge in [-0.05, 0) is 42.8 Å². The molecule has 0 spiro atoms. The van der Waals surface area contributed by atoms with E-state index in [9.17, 15) is 4.79 Å². The number of benzene rings is 3. The van der Waals surface area contributed by atoms with E-state index in [4.69, 9.17) is 16.3 Å². The number of aromatic nitrogens is 3. The molecule has 4 aromatic rings. The van der Waals surface area contributed by atoms with E-state index in [-0.39, 0.29) is 11.7 Å². The quantitative estimate of drug-likeness (QED) is 0.359. The van der Waals surface area contributed by atoms with Crippen molar-refractivity contribution in [2.45, 2.75) is 12.1 Å². The van der Waals surface area contributed by atoms with Crippen molar-refractivity contribution in [3.63, 3.8) is 0 Å². The number of anilines is 1. The summed E-state index contributed by atoms with van der Waals surface area (Å²) in [7, 11) is 1.57. The number of thioether (sulfide) groups is 1. The highest BCUT2D eigenvalue weighted by atomic mass is 35.5. The van der Waals surface area contributed by atoms with Gasteiger partial charge in [0, 0.05) is 16.3 Å². The molecule has 0 fully saturated rings.